The molecule has 0 saturated heterocycles. The summed E-state index contributed by atoms with van der Waals surface area (Å²) in [7, 11) is 0. The second-order valence-electron chi connectivity index (χ2n) is 2.87. The van der Waals surface area contributed by atoms with Crippen molar-refractivity contribution in [2.75, 3.05) is 0 Å². The first-order valence-corrected chi connectivity index (χ1v) is 6.12. The summed E-state index contributed by atoms with van der Waals surface area (Å²) in [5.41, 5.74) is 4.94. The Morgan fingerprint density at radius 2 is 1.69 bits per heavy atom. The Labute approximate surface area is 108 Å². The van der Waals surface area contributed by atoms with Gasteiger partial charge in [-0.1, -0.05) is 0 Å². The van der Waals surface area contributed by atoms with Crippen molar-refractivity contribution in [2.24, 2.45) is 5.73 Å². The summed E-state index contributed by atoms with van der Waals surface area (Å²) >= 11 is 6.71. The summed E-state index contributed by atoms with van der Waals surface area (Å²) in [6.07, 6.45) is -5.66. The molecular formula is C7H4Br2F5NS. The van der Waals surface area contributed by atoms with Crippen LogP contribution in [-0.4, -0.2) is 12.1 Å². The first-order chi connectivity index (χ1) is 7.07. The average Bonchev–Trinajstić information content (AvgIpc) is 2.43. The second kappa shape index (κ2) is 4.51. The van der Waals surface area contributed by atoms with Crippen LogP contribution in [0.25, 0.3) is 0 Å². The van der Waals surface area contributed by atoms with Crippen LogP contribution in [0.2, 0.25) is 0 Å². The van der Waals surface area contributed by atoms with Crippen molar-refractivity contribution in [3.8, 4) is 0 Å². The van der Waals surface area contributed by atoms with Crippen molar-refractivity contribution in [3.05, 3.63) is 19.2 Å². The highest BCUT2D eigenvalue weighted by molar-refractivity contribution is 9.13. The van der Waals surface area contributed by atoms with Gasteiger partial charge in [-0.05, 0) is 37.9 Å². The normalized spacial score (nSPS) is 15.2. The molecule has 1 nitrogen and oxygen atoms in total. The first kappa shape index (κ1) is 14.3. The maximum Gasteiger partial charge on any atom is 0.455 e. The zero-order valence-corrected chi connectivity index (χ0v) is 11.3. The Bertz CT molecular complexity index is 369. The second-order valence-corrected chi connectivity index (χ2v) is 6.12. The quantitative estimate of drug-likeness (QED) is 0.743. The van der Waals surface area contributed by atoms with E-state index >= 15 is 0 Å². The van der Waals surface area contributed by atoms with Crippen molar-refractivity contribution >= 4 is 43.2 Å². The topological polar surface area (TPSA) is 26.0 Å². The van der Waals surface area contributed by atoms with Gasteiger partial charge < -0.3 is 5.73 Å². The summed E-state index contributed by atoms with van der Waals surface area (Å²) in [4.78, 5) is -0.249. The smallest absolute Gasteiger partial charge is 0.318 e. The van der Waals surface area contributed by atoms with E-state index in [0.29, 0.717) is 8.26 Å². The fraction of sp³-hybridized carbons (Fsp3) is 0.429. The molecule has 0 fully saturated rings. The van der Waals surface area contributed by atoms with Crippen LogP contribution in [-0.2, 0) is 0 Å². The standard InChI is InChI=1S/C7H4Br2F5NS/c8-2-1-3(16-5(2)9)4(15)6(10,11)7(12,13)14/h1,4H,15H2. The fourth-order valence-corrected chi connectivity index (χ4v) is 3.00. The van der Waals surface area contributed by atoms with Gasteiger partial charge in [0.2, 0.25) is 0 Å². The molecule has 1 atom stereocenters. The van der Waals surface area contributed by atoms with Gasteiger partial charge in [-0.3, -0.25) is 0 Å². The van der Waals surface area contributed by atoms with Crippen molar-refractivity contribution < 1.29 is 22.0 Å². The van der Waals surface area contributed by atoms with Gasteiger partial charge in [0.25, 0.3) is 0 Å². The summed E-state index contributed by atoms with van der Waals surface area (Å²) in [6, 6.07) is -1.26. The van der Waals surface area contributed by atoms with Crippen LogP contribution >= 0.6 is 43.2 Å². The highest BCUT2D eigenvalue weighted by Crippen LogP contribution is 2.46. The van der Waals surface area contributed by atoms with Crippen LogP contribution in [0, 0.1) is 0 Å². The molecule has 2 N–H and O–H groups in total. The number of halogens is 7. The van der Waals surface area contributed by atoms with Crippen LogP contribution in [0.15, 0.2) is 14.3 Å². The number of thiophene rings is 1. The van der Waals surface area contributed by atoms with Crippen molar-refractivity contribution in [2.45, 2.75) is 18.1 Å². The van der Waals surface area contributed by atoms with E-state index in [0.717, 1.165) is 17.4 Å². The van der Waals surface area contributed by atoms with E-state index in [9.17, 15) is 22.0 Å². The van der Waals surface area contributed by atoms with Gasteiger partial charge in [0.1, 0.15) is 6.04 Å². The third-order valence-electron chi connectivity index (χ3n) is 1.74. The van der Waals surface area contributed by atoms with Crippen LogP contribution < -0.4 is 5.73 Å². The van der Waals surface area contributed by atoms with Gasteiger partial charge in [-0.15, -0.1) is 11.3 Å². The number of alkyl halides is 5. The lowest BCUT2D eigenvalue weighted by molar-refractivity contribution is -0.290. The van der Waals surface area contributed by atoms with Crippen molar-refractivity contribution in [3.63, 3.8) is 0 Å². The molecule has 0 aliphatic rings. The Kier molecular flexibility index (Phi) is 4.04. The molecule has 1 unspecified atom stereocenters. The zero-order valence-electron chi connectivity index (χ0n) is 7.29. The Balaban J connectivity index is 3.07. The summed E-state index contributed by atoms with van der Waals surface area (Å²) < 4.78 is 62.6. The fourth-order valence-electron chi connectivity index (χ4n) is 0.872. The van der Waals surface area contributed by atoms with E-state index in [4.69, 9.17) is 5.73 Å². The van der Waals surface area contributed by atoms with Gasteiger partial charge >= 0.3 is 12.1 Å². The van der Waals surface area contributed by atoms with Crippen LogP contribution in [0.3, 0.4) is 0 Å². The molecule has 1 rings (SSSR count). The predicted octanol–water partition coefficient (Wildman–Crippen LogP) is 4.47. The van der Waals surface area contributed by atoms with E-state index in [2.05, 4.69) is 31.9 Å². The number of hydrogen-bond donors (Lipinski definition) is 1. The lowest BCUT2D eigenvalue weighted by Gasteiger charge is -2.24. The Morgan fingerprint density at radius 1 is 1.19 bits per heavy atom. The third-order valence-corrected chi connectivity index (χ3v) is 5.08. The first-order valence-electron chi connectivity index (χ1n) is 3.72. The average molecular weight is 389 g/mol. The molecule has 1 aromatic rings. The minimum absolute atomic E-state index is 0.249. The molecule has 1 heterocycles. The SMILES string of the molecule is NC(c1cc(Br)c(Br)s1)C(F)(F)C(F)(F)F. The van der Waals surface area contributed by atoms with Crippen molar-refractivity contribution in [1.29, 1.82) is 0 Å². The van der Waals surface area contributed by atoms with Crippen LogP contribution in [0.5, 0.6) is 0 Å². The van der Waals surface area contributed by atoms with Gasteiger partial charge in [0.15, 0.2) is 0 Å². The van der Waals surface area contributed by atoms with Gasteiger partial charge in [-0.25, -0.2) is 0 Å². The largest absolute Gasteiger partial charge is 0.455 e. The minimum Gasteiger partial charge on any atom is -0.318 e. The highest BCUT2D eigenvalue weighted by atomic mass is 79.9. The van der Waals surface area contributed by atoms with Gasteiger partial charge in [-0.2, -0.15) is 22.0 Å². The molecule has 0 aliphatic carbocycles. The number of nitrogens with two attached hydrogens (primary N) is 1. The molecule has 1 aromatic heterocycles. The summed E-state index contributed by atoms with van der Waals surface area (Å²) in [5.74, 6) is -4.95. The molecular weight excluding hydrogens is 385 g/mol. The van der Waals surface area contributed by atoms with E-state index in [1.165, 1.54) is 0 Å². The summed E-state index contributed by atoms with van der Waals surface area (Å²) in [5, 5.41) is 0. The molecule has 0 spiro atoms. The zero-order chi connectivity index (χ0) is 12.7. The third kappa shape index (κ3) is 2.57. The molecule has 92 valence electrons. The van der Waals surface area contributed by atoms with Gasteiger partial charge in [0.05, 0.1) is 3.79 Å². The Morgan fingerprint density at radius 3 is 2.00 bits per heavy atom. The van der Waals surface area contributed by atoms with Crippen LogP contribution in [0.1, 0.15) is 10.9 Å². The maximum absolute atomic E-state index is 12.9. The number of hydrogen-bond acceptors (Lipinski definition) is 2. The lowest BCUT2D eigenvalue weighted by Crippen LogP contribution is -2.45. The van der Waals surface area contributed by atoms with E-state index < -0.39 is 18.1 Å². The van der Waals surface area contributed by atoms with E-state index in [-0.39, 0.29) is 4.88 Å². The molecule has 0 saturated carbocycles. The predicted molar refractivity (Wildman–Crippen MR) is 57.6 cm³/mol. The molecule has 0 radical (unpaired) electrons. The number of rotatable bonds is 2. The van der Waals surface area contributed by atoms with E-state index in [1.54, 1.807) is 0 Å². The molecule has 0 amide bonds. The molecule has 16 heavy (non-hydrogen) atoms. The Hall–Kier alpha value is 0.270. The lowest BCUT2D eigenvalue weighted by atomic mass is 10.1. The summed E-state index contributed by atoms with van der Waals surface area (Å²) in [6.45, 7) is 0. The van der Waals surface area contributed by atoms with Crippen LogP contribution in [0.4, 0.5) is 22.0 Å². The van der Waals surface area contributed by atoms with Gasteiger partial charge in [0, 0.05) is 9.35 Å². The molecule has 9 heteroatoms. The molecule has 0 aliphatic heterocycles. The molecule has 0 aromatic carbocycles. The minimum atomic E-state index is -5.66. The molecule has 0 bridgehead atoms. The monoisotopic (exact) mass is 387 g/mol. The van der Waals surface area contributed by atoms with Crippen molar-refractivity contribution in [1.82, 2.24) is 0 Å². The van der Waals surface area contributed by atoms with E-state index in [1.807, 2.05) is 0 Å². The highest BCUT2D eigenvalue weighted by Gasteiger charge is 2.62. The maximum atomic E-state index is 12.9.